The Labute approximate surface area is 366 Å². The number of aliphatic imine (C=N–C) groups is 1. The number of ether oxygens (including phenoxy) is 5. The summed E-state index contributed by atoms with van der Waals surface area (Å²) in [5.74, 6) is -6.73. The average molecular weight is 919 g/mol. The number of carbonyl (C=O) groups excluding carboxylic acids is 1. The van der Waals surface area contributed by atoms with E-state index in [0.29, 0.717) is 41.2 Å². The number of carbonyl (C=O) groups is 2. The van der Waals surface area contributed by atoms with Crippen molar-refractivity contribution in [2.75, 3.05) is 64.7 Å². The molecule has 0 radical (unpaired) electrons. The zero-order chi connectivity index (χ0) is 45.1. The van der Waals surface area contributed by atoms with Gasteiger partial charge >= 0.3 is 11.9 Å². The minimum atomic E-state index is -3.09. The molecule has 1 unspecified atom stereocenters. The molecule has 348 valence electrons. The monoisotopic (exact) mass is 918 g/mol. The van der Waals surface area contributed by atoms with Crippen LogP contribution in [0.1, 0.15) is 19.3 Å². The number of nitrogens with one attached hydrogen (secondary N) is 3. The maximum absolute atomic E-state index is 14.3. The van der Waals surface area contributed by atoms with Crippen LogP contribution in [0.15, 0.2) is 64.7 Å². The van der Waals surface area contributed by atoms with E-state index in [2.05, 4.69) is 22.2 Å². The molecule has 1 saturated carbocycles. The molecule has 1 aliphatic carbocycles. The number of guanidine groups is 1. The number of carboxylic acid groups (broad SMARTS) is 1. The van der Waals surface area contributed by atoms with Crippen LogP contribution in [0.4, 0.5) is 0 Å². The highest BCUT2D eigenvalue weighted by molar-refractivity contribution is 8.76. The van der Waals surface area contributed by atoms with Crippen molar-refractivity contribution in [2.24, 2.45) is 34.4 Å². The number of likely N-dealkylation sites (N-methyl/N-ethyl adjacent to an activating group) is 1. The molecule has 0 aromatic heterocycles. The zero-order valence-corrected chi connectivity index (χ0v) is 35.9. The number of allylic oxidation sites excluding steroid dienone is 1. The van der Waals surface area contributed by atoms with Crippen LogP contribution in [-0.2, 0) is 33.3 Å². The van der Waals surface area contributed by atoms with Gasteiger partial charge in [0.25, 0.3) is 0 Å². The van der Waals surface area contributed by atoms with Gasteiger partial charge in [-0.2, -0.15) is 0 Å². The molecule has 0 spiro atoms. The number of nitrogens with two attached hydrogens (primary N) is 1. The number of fused-ring (bicyclic) bond motifs is 4. The van der Waals surface area contributed by atoms with Crippen molar-refractivity contribution in [1.82, 2.24) is 10.6 Å². The molecule has 1 saturated heterocycles. The Morgan fingerprint density at radius 3 is 2.55 bits per heavy atom. The van der Waals surface area contributed by atoms with Crippen molar-refractivity contribution in [1.29, 1.82) is 0 Å². The van der Waals surface area contributed by atoms with E-state index >= 15 is 0 Å². The third-order valence-electron chi connectivity index (χ3n) is 11.6. The fraction of sp³-hybridized carbons (Fsp3) is 0.667. The topological polar surface area (TPSA) is 329 Å². The second-order valence-electron chi connectivity index (χ2n) is 15.4. The van der Waals surface area contributed by atoms with Crippen LogP contribution in [0, 0.1) is 23.7 Å². The van der Waals surface area contributed by atoms with Gasteiger partial charge in [0.2, 0.25) is 12.1 Å². The summed E-state index contributed by atoms with van der Waals surface area (Å²) in [4.78, 5) is 32.0. The number of quaternary nitrogens is 1. The van der Waals surface area contributed by atoms with Crippen molar-refractivity contribution in [3.05, 3.63) is 59.7 Å². The Hall–Kier alpha value is -3.11. The molecule has 62 heavy (non-hydrogen) atoms. The predicted molar refractivity (Wildman–Crippen MR) is 223 cm³/mol. The highest BCUT2D eigenvalue weighted by Gasteiger charge is 2.58. The van der Waals surface area contributed by atoms with E-state index in [1.165, 1.54) is 40.9 Å². The van der Waals surface area contributed by atoms with Crippen LogP contribution in [0.3, 0.4) is 0 Å². The van der Waals surface area contributed by atoms with Crippen LogP contribution in [0.25, 0.3) is 0 Å². The first-order valence-electron chi connectivity index (χ1n) is 20.3. The number of rotatable bonds is 15. The summed E-state index contributed by atoms with van der Waals surface area (Å²) in [5, 5.41) is 98.9. The lowest BCUT2D eigenvalue weighted by molar-refractivity contribution is -0.867. The van der Waals surface area contributed by atoms with Gasteiger partial charge < -0.3 is 80.7 Å². The first-order chi connectivity index (χ1) is 29.8. The van der Waals surface area contributed by atoms with E-state index in [1.54, 1.807) is 12.2 Å². The summed E-state index contributed by atoms with van der Waals surface area (Å²) >= 11 is 0. The maximum atomic E-state index is 14.3. The number of aliphatic carboxylic acids is 1. The van der Waals surface area contributed by atoms with Crippen LogP contribution in [0.2, 0.25) is 0 Å². The maximum Gasteiger partial charge on any atom is 0.343 e. The van der Waals surface area contributed by atoms with E-state index in [4.69, 9.17) is 29.4 Å². The molecule has 13 atom stereocenters. The SMILES string of the molecule is C=C[C@H]1[C@H](O[C@@H]2O[C@H](CO)[C@@H](O)C(O)(O)[C@H]2O[C@H](CO)NC)OC=C2C(=O)O[C@@H]3CC[C@@H](CO)[C@H]3CSSC[C@H](CO)[NH+]3C=C(C(=O)O)C(NC(N)=NCCCO)=C(/C=C/[C@H]21)C3. The molecule has 2 fully saturated rings. The van der Waals surface area contributed by atoms with Crippen molar-refractivity contribution in [3.8, 4) is 0 Å². The van der Waals surface area contributed by atoms with E-state index in [-0.39, 0.29) is 67.5 Å². The second-order valence-corrected chi connectivity index (χ2v) is 18.0. The molecule has 14 N–H and O–H groups in total. The first kappa shape index (κ1) is 49.9. The zero-order valence-electron chi connectivity index (χ0n) is 34.2. The first-order valence-corrected chi connectivity index (χ1v) is 22.8. The van der Waals surface area contributed by atoms with E-state index in [1.807, 2.05) is 0 Å². The van der Waals surface area contributed by atoms with Gasteiger partial charge in [-0.05, 0) is 32.2 Å². The van der Waals surface area contributed by atoms with Crippen LogP contribution in [-0.4, -0.2) is 184 Å². The third kappa shape index (κ3) is 11.6. The molecule has 0 amide bonds. The Morgan fingerprint density at radius 2 is 1.90 bits per heavy atom. The summed E-state index contributed by atoms with van der Waals surface area (Å²) < 4.78 is 29.9. The van der Waals surface area contributed by atoms with Crippen molar-refractivity contribution >= 4 is 39.5 Å². The normalized spacial score (nSPS) is 35.3. The highest BCUT2D eigenvalue weighted by Crippen LogP contribution is 2.42. The van der Waals surface area contributed by atoms with Gasteiger partial charge in [0.05, 0.1) is 49.0 Å². The van der Waals surface area contributed by atoms with Crippen LogP contribution < -0.4 is 21.3 Å². The molecule has 4 aliphatic heterocycles. The Morgan fingerprint density at radius 1 is 1.15 bits per heavy atom. The number of aliphatic hydroxyl groups excluding tert-OH is 6. The number of aliphatic hydroxyl groups is 8. The summed E-state index contributed by atoms with van der Waals surface area (Å²) in [6, 6.07) is -0.469. The van der Waals surface area contributed by atoms with E-state index in [9.17, 15) is 55.5 Å². The van der Waals surface area contributed by atoms with Gasteiger partial charge in [0.15, 0.2) is 18.4 Å². The number of hydrogen-bond donors (Lipinski definition) is 13. The van der Waals surface area contributed by atoms with E-state index < -0.39 is 92.0 Å². The third-order valence-corrected chi connectivity index (χ3v) is 14.1. The summed E-state index contributed by atoms with van der Waals surface area (Å²) in [5.41, 5.74) is 6.51. The average Bonchev–Trinajstić information content (AvgIpc) is 3.64. The summed E-state index contributed by atoms with van der Waals surface area (Å²) in [6.45, 7) is 2.20. The fourth-order valence-corrected chi connectivity index (χ4v) is 10.9. The van der Waals surface area contributed by atoms with Crippen LogP contribution in [0.5, 0.6) is 0 Å². The minimum Gasteiger partial charge on any atom is -0.477 e. The lowest BCUT2D eigenvalue weighted by Crippen LogP contribution is -3.13. The molecule has 4 heterocycles. The molecule has 0 aromatic carbocycles. The Kier molecular flexibility index (Phi) is 18.7. The van der Waals surface area contributed by atoms with Gasteiger partial charge in [0, 0.05) is 42.9 Å². The Balaban J connectivity index is 1.62. The smallest absolute Gasteiger partial charge is 0.343 e. The van der Waals surface area contributed by atoms with Crippen molar-refractivity contribution in [3.63, 3.8) is 0 Å². The van der Waals surface area contributed by atoms with Gasteiger partial charge in [-0.15, -0.1) is 6.58 Å². The van der Waals surface area contributed by atoms with Gasteiger partial charge in [-0.1, -0.05) is 39.8 Å². The van der Waals surface area contributed by atoms with Crippen molar-refractivity contribution in [2.45, 2.75) is 74.3 Å². The number of hydrogen-bond acceptors (Lipinski definition) is 19. The largest absolute Gasteiger partial charge is 0.477 e. The molecule has 21 nitrogen and oxygen atoms in total. The second kappa shape index (κ2) is 23.2. The molecular formula is C39H60N5O16S2+. The predicted octanol–water partition coefficient (Wildman–Crippen LogP) is -4.01. The molecular weight excluding hydrogens is 859 g/mol. The molecule has 5 aliphatic rings. The fourth-order valence-electron chi connectivity index (χ4n) is 8.00. The number of carboxylic acids is 1. The lowest BCUT2D eigenvalue weighted by atomic mass is 9.83. The quantitative estimate of drug-likeness (QED) is 0.0142. The molecule has 5 rings (SSSR count). The summed E-state index contributed by atoms with van der Waals surface area (Å²) in [7, 11) is 4.41. The van der Waals surface area contributed by atoms with Crippen LogP contribution >= 0.6 is 21.6 Å². The molecule has 23 heteroatoms. The van der Waals surface area contributed by atoms with Gasteiger partial charge in [-0.25, -0.2) is 9.59 Å². The van der Waals surface area contributed by atoms with Gasteiger partial charge in [-0.3, -0.25) is 15.2 Å². The Bertz CT molecular complexity index is 1710. The van der Waals surface area contributed by atoms with E-state index in [0.717, 1.165) is 6.26 Å². The minimum absolute atomic E-state index is 0.00367. The molecule has 2 bridgehead atoms. The summed E-state index contributed by atoms with van der Waals surface area (Å²) in [6.07, 6.45) is -1.95. The highest BCUT2D eigenvalue weighted by atomic mass is 33.1. The van der Waals surface area contributed by atoms with Gasteiger partial charge in [0.1, 0.15) is 48.9 Å². The molecule has 0 aromatic rings. The number of esters is 1. The van der Waals surface area contributed by atoms with Crippen molar-refractivity contribution < 1.29 is 84.1 Å². The standard InChI is InChI=1S/C39H59N5O16S2/c1-3-23-24-7-5-20-11-44(12-25(34(51)52)31(20)43-38(40)42-9-4-10-45)22(14-47)18-61-62-19-27-21(13-46)6-8-28(27)57-35(53)26(24)17-56-36(23)60-37-33(59-30(16-49)41-2)39(54,55)32(50)29(15-48)58-37/h3,5,7,12,17,21-24,27-30,32-33,36-37,41,45-50,54-55H,1,4,6,8-11,13-16,18-19H2,2H3,(H,51,52)(H3,40,42,43)/p+1/b7-5+/t21-,22-,23+,24-,27+,28+,29+,30+,32+,33-,36-,37-/m0/s1. The lowest BCUT2D eigenvalue weighted by Gasteiger charge is -2.48. The number of nitrogens with zero attached hydrogens (tertiary/aromatic N) is 1.